The number of hydrogen-bond donors (Lipinski definition) is 3. The number of likely N-dealkylation sites (tertiary alicyclic amines) is 1. The Balaban J connectivity index is 1.77. The molecule has 3 rings (SSSR count). The lowest BCUT2D eigenvalue weighted by Crippen LogP contribution is -2.30. The van der Waals surface area contributed by atoms with E-state index in [1.165, 1.54) is 0 Å². The van der Waals surface area contributed by atoms with Crippen molar-refractivity contribution in [2.75, 3.05) is 20.1 Å². The molecule has 2 amide bonds. The molecule has 1 aromatic heterocycles. The molecular formula is C18H21N3O3. The first kappa shape index (κ1) is 16.3. The van der Waals surface area contributed by atoms with Crippen molar-refractivity contribution in [3.63, 3.8) is 0 Å². The Morgan fingerprint density at radius 3 is 2.71 bits per heavy atom. The Labute approximate surface area is 140 Å². The van der Waals surface area contributed by atoms with E-state index in [2.05, 4.69) is 10.3 Å². The van der Waals surface area contributed by atoms with Crippen LogP contribution < -0.4 is 5.32 Å². The summed E-state index contributed by atoms with van der Waals surface area (Å²) in [5.41, 5.74) is 2.31. The zero-order valence-corrected chi connectivity index (χ0v) is 13.5. The molecule has 0 bridgehead atoms. The smallest absolute Gasteiger partial charge is 0.271 e. The van der Waals surface area contributed by atoms with Crippen LogP contribution in [0.15, 0.2) is 42.6 Å². The summed E-state index contributed by atoms with van der Waals surface area (Å²) in [6, 6.07) is 11.6. The van der Waals surface area contributed by atoms with Crippen molar-refractivity contribution in [3.05, 3.63) is 48.3 Å². The molecule has 1 fully saturated rings. The summed E-state index contributed by atoms with van der Waals surface area (Å²) < 4.78 is 0. The summed E-state index contributed by atoms with van der Waals surface area (Å²) in [7, 11) is 1.57. The third kappa shape index (κ3) is 3.19. The van der Waals surface area contributed by atoms with E-state index in [0.29, 0.717) is 12.2 Å². The Morgan fingerprint density at radius 1 is 1.25 bits per heavy atom. The van der Waals surface area contributed by atoms with Gasteiger partial charge in [-0.1, -0.05) is 30.3 Å². The average Bonchev–Trinajstić information content (AvgIpc) is 3.22. The minimum atomic E-state index is -0.679. The topological polar surface area (TPSA) is 85.4 Å². The van der Waals surface area contributed by atoms with E-state index >= 15 is 0 Å². The van der Waals surface area contributed by atoms with Gasteiger partial charge in [0.1, 0.15) is 5.69 Å². The second kappa shape index (κ2) is 6.88. The van der Waals surface area contributed by atoms with Crippen molar-refractivity contribution in [2.24, 2.45) is 5.92 Å². The third-order valence-electron chi connectivity index (χ3n) is 4.47. The van der Waals surface area contributed by atoms with Gasteiger partial charge in [-0.2, -0.15) is 0 Å². The van der Waals surface area contributed by atoms with Gasteiger partial charge in [0, 0.05) is 44.2 Å². The maximum absolute atomic E-state index is 12.8. The Morgan fingerprint density at radius 2 is 2.00 bits per heavy atom. The highest BCUT2D eigenvalue weighted by Gasteiger charge is 2.36. The van der Waals surface area contributed by atoms with Gasteiger partial charge < -0.3 is 20.3 Å². The number of nitrogens with zero attached hydrogens (tertiary/aromatic N) is 1. The summed E-state index contributed by atoms with van der Waals surface area (Å²) in [6.45, 7) is 0.619. The summed E-state index contributed by atoms with van der Waals surface area (Å²) in [4.78, 5) is 29.0. The molecule has 2 aromatic rings. The van der Waals surface area contributed by atoms with E-state index in [1.54, 1.807) is 18.1 Å². The number of amides is 2. The van der Waals surface area contributed by atoms with Crippen LogP contribution in [0.4, 0.5) is 0 Å². The fourth-order valence-electron chi connectivity index (χ4n) is 3.12. The summed E-state index contributed by atoms with van der Waals surface area (Å²) >= 11 is 0. The molecule has 1 saturated heterocycles. The van der Waals surface area contributed by atoms with E-state index in [-0.39, 0.29) is 30.7 Å². The average molecular weight is 327 g/mol. The molecule has 1 aromatic carbocycles. The third-order valence-corrected chi connectivity index (χ3v) is 4.47. The van der Waals surface area contributed by atoms with Crippen LogP contribution in [0.2, 0.25) is 0 Å². The van der Waals surface area contributed by atoms with Gasteiger partial charge in [0.15, 0.2) is 0 Å². The van der Waals surface area contributed by atoms with Gasteiger partial charge in [-0.3, -0.25) is 9.59 Å². The lowest BCUT2D eigenvalue weighted by atomic mass is 10.0. The fourth-order valence-corrected chi connectivity index (χ4v) is 3.12. The second-order valence-corrected chi connectivity index (χ2v) is 6.05. The monoisotopic (exact) mass is 327 g/mol. The number of hydrogen-bond acceptors (Lipinski definition) is 3. The van der Waals surface area contributed by atoms with Gasteiger partial charge in [0.05, 0.1) is 6.10 Å². The Kier molecular flexibility index (Phi) is 4.66. The molecule has 1 aliphatic heterocycles. The highest BCUT2D eigenvalue weighted by molar-refractivity contribution is 5.99. The number of aromatic nitrogens is 1. The van der Waals surface area contributed by atoms with Gasteiger partial charge in [-0.05, 0) is 11.6 Å². The first-order valence-corrected chi connectivity index (χ1v) is 8.01. The van der Waals surface area contributed by atoms with Crippen LogP contribution >= 0.6 is 0 Å². The molecule has 1 aliphatic rings. The van der Waals surface area contributed by atoms with Gasteiger partial charge >= 0.3 is 0 Å². The molecule has 0 unspecified atom stereocenters. The highest BCUT2D eigenvalue weighted by Crippen LogP contribution is 2.27. The highest BCUT2D eigenvalue weighted by atomic mass is 16.3. The maximum Gasteiger partial charge on any atom is 0.271 e. The van der Waals surface area contributed by atoms with Crippen molar-refractivity contribution in [1.82, 2.24) is 15.2 Å². The minimum absolute atomic E-state index is 0.127. The zero-order valence-electron chi connectivity index (χ0n) is 13.5. The Hall–Kier alpha value is -2.60. The molecule has 0 saturated carbocycles. The lowest BCUT2D eigenvalue weighted by molar-refractivity contribution is -0.122. The molecular weight excluding hydrogens is 306 g/mol. The van der Waals surface area contributed by atoms with E-state index in [0.717, 1.165) is 11.1 Å². The molecule has 0 radical (unpaired) electrons. The second-order valence-electron chi connectivity index (χ2n) is 6.05. The molecule has 2 atom stereocenters. The fraction of sp³-hybridized carbons (Fsp3) is 0.333. The number of benzene rings is 1. The first-order chi connectivity index (χ1) is 11.6. The van der Waals surface area contributed by atoms with Crippen LogP contribution in [0.3, 0.4) is 0 Å². The van der Waals surface area contributed by atoms with E-state index in [4.69, 9.17) is 0 Å². The van der Waals surface area contributed by atoms with E-state index in [9.17, 15) is 14.7 Å². The molecule has 2 heterocycles. The number of carbonyl (C=O) groups excluding carboxylic acids is 2. The summed E-state index contributed by atoms with van der Waals surface area (Å²) in [5.74, 6) is -0.514. The van der Waals surface area contributed by atoms with Gasteiger partial charge in [0.2, 0.25) is 5.91 Å². The van der Waals surface area contributed by atoms with Crippen LogP contribution in [0.5, 0.6) is 0 Å². The molecule has 0 spiro atoms. The largest absolute Gasteiger partial charge is 0.391 e. The van der Waals surface area contributed by atoms with Crippen LogP contribution in [0, 0.1) is 5.92 Å². The predicted octanol–water partition coefficient (Wildman–Crippen LogP) is 1.25. The van der Waals surface area contributed by atoms with Crippen LogP contribution in [-0.2, 0) is 4.79 Å². The molecule has 6 nitrogen and oxygen atoms in total. The number of aliphatic hydroxyl groups is 1. The minimum Gasteiger partial charge on any atom is -0.391 e. The van der Waals surface area contributed by atoms with Crippen LogP contribution in [0.1, 0.15) is 16.9 Å². The number of rotatable bonds is 4. The van der Waals surface area contributed by atoms with Crippen molar-refractivity contribution < 1.29 is 14.7 Å². The number of β-amino-alcohol motifs (C(OH)–C–C–N with tert-alkyl or cyclic N) is 1. The molecule has 0 aliphatic carbocycles. The van der Waals surface area contributed by atoms with E-state index < -0.39 is 6.10 Å². The summed E-state index contributed by atoms with van der Waals surface area (Å²) in [6.07, 6.45) is 1.28. The molecule has 6 heteroatoms. The van der Waals surface area contributed by atoms with Crippen molar-refractivity contribution in [3.8, 4) is 11.1 Å². The first-order valence-electron chi connectivity index (χ1n) is 8.01. The standard InChI is InChI=1S/C18H21N3O3/c1-19-16(23)9-13-10-21(11-15(13)22)18(24)17-14(7-8-20-17)12-5-3-2-4-6-12/h2-8,13,15,20,22H,9-11H2,1H3,(H,19,23)/t13-,15-/m1/s1. The molecule has 126 valence electrons. The quantitative estimate of drug-likeness (QED) is 0.790. The van der Waals surface area contributed by atoms with Gasteiger partial charge in [0.25, 0.3) is 5.91 Å². The van der Waals surface area contributed by atoms with E-state index in [1.807, 2.05) is 36.4 Å². The van der Waals surface area contributed by atoms with Gasteiger partial charge in [-0.25, -0.2) is 0 Å². The Bertz CT molecular complexity index is 726. The van der Waals surface area contributed by atoms with Crippen molar-refractivity contribution in [2.45, 2.75) is 12.5 Å². The number of aliphatic hydroxyl groups excluding tert-OH is 1. The maximum atomic E-state index is 12.8. The number of H-pyrrole nitrogens is 1. The van der Waals surface area contributed by atoms with Crippen LogP contribution in [0.25, 0.3) is 11.1 Å². The predicted molar refractivity (Wildman–Crippen MR) is 90.3 cm³/mol. The normalized spacial score (nSPS) is 20.2. The number of carbonyl (C=O) groups is 2. The van der Waals surface area contributed by atoms with Crippen LogP contribution in [-0.4, -0.2) is 53.0 Å². The molecule has 3 N–H and O–H groups in total. The van der Waals surface area contributed by atoms with Gasteiger partial charge in [-0.15, -0.1) is 0 Å². The number of aromatic amines is 1. The summed E-state index contributed by atoms with van der Waals surface area (Å²) in [5, 5.41) is 12.7. The molecule has 24 heavy (non-hydrogen) atoms. The van der Waals surface area contributed by atoms with Crippen molar-refractivity contribution >= 4 is 11.8 Å². The number of nitrogens with one attached hydrogen (secondary N) is 2. The SMILES string of the molecule is CNC(=O)C[C@@H]1CN(C(=O)c2[nH]ccc2-c2ccccc2)C[C@H]1O. The lowest BCUT2D eigenvalue weighted by Gasteiger charge is -2.16. The zero-order chi connectivity index (χ0) is 17.1. The van der Waals surface area contributed by atoms with Crippen molar-refractivity contribution in [1.29, 1.82) is 0 Å².